The number of anilines is 1. The lowest BCUT2D eigenvalue weighted by molar-refractivity contribution is -0.131. The van der Waals surface area contributed by atoms with Crippen LogP contribution in [0.25, 0.3) is 0 Å². The molecule has 1 aliphatic carbocycles. The molecule has 0 saturated heterocycles. The van der Waals surface area contributed by atoms with E-state index in [1.54, 1.807) is 4.90 Å². The largest absolute Gasteiger partial charge is 0.478 e. The number of carboxylic acid groups (broad SMARTS) is 1. The fourth-order valence-electron chi connectivity index (χ4n) is 2.16. The van der Waals surface area contributed by atoms with Crippen molar-refractivity contribution in [3.63, 3.8) is 0 Å². The molecular weight excluding hydrogens is 242 g/mol. The molecule has 4 nitrogen and oxygen atoms in total. The number of benzene rings is 1. The number of nitrogens with zero attached hydrogens (tertiary/aromatic N) is 1. The molecule has 19 heavy (non-hydrogen) atoms. The van der Waals surface area contributed by atoms with Crippen molar-refractivity contribution < 1.29 is 14.7 Å². The molecule has 1 fully saturated rings. The first kappa shape index (κ1) is 13.3. The summed E-state index contributed by atoms with van der Waals surface area (Å²) in [6.07, 6.45) is 4.26. The molecular formula is C15H17NO3. The monoisotopic (exact) mass is 259 g/mol. The number of carbonyl (C=O) groups is 2. The molecule has 1 saturated carbocycles. The van der Waals surface area contributed by atoms with Gasteiger partial charge in [-0.1, -0.05) is 18.2 Å². The first-order valence-electron chi connectivity index (χ1n) is 6.39. The van der Waals surface area contributed by atoms with E-state index >= 15 is 0 Å². The van der Waals surface area contributed by atoms with Crippen LogP contribution in [0.2, 0.25) is 0 Å². The Bertz CT molecular complexity index is 491. The maximum atomic E-state index is 12.2. The van der Waals surface area contributed by atoms with Gasteiger partial charge in [0.1, 0.15) is 0 Å². The summed E-state index contributed by atoms with van der Waals surface area (Å²) >= 11 is 0. The zero-order valence-electron chi connectivity index (χ0n) is 10.8. The summed E-state index contributed by atoms with van der Waals surface area (Å²) in [5, 5.41) is 8.62. The van der Waals surface area contributed by atoms with Crippen molar-refractivity contribution in [1.29, 1.82) is 0 Å². The SMILES string of the molecule is C[C@H](C1CC1)N(C(=O)/C=C/C(=O)O)c1ccccc1. The number of carbonyl (C=O) groups excluding carboxylic acids is 1. The number of para-hydroxylation sites is 1. The Kier molecular flexibility index (Phi) is 4.00. The minimum absolute atomic E-state index is 0.0911. The average molecular weight is 259 g/mol. The first-order chi connectivity index (χ1) is 9.09. The molecule has 0 aliphatic heterocycles. The van der Waals surface area contributed by atoms with E-state index in [0.29, 0.717) is 5.92 Å². The smallest absolute Gasteiger partial charge is 0.328 e. The van der Waals surface area contributed by atoms with Crippen molar-refractivity contribution in [3.05, 3.63) is 42.5 Å². The third-order valence-corrected chi connectivity index (χ3v) is 3.35. The van der Waals surface area contributed by atoms with Crippen LogP contribution in [0, 0.1) is 5.92 Å². The van der Waals surface area contributed by atoms with Crippen molar-refractivity contribution in [2.45, 2.75) is 25.8 Å². The van der Waals surface area contributed by atoms with E-state index in [1.165, 1.54) is 0 Å². The molecule has 1 aliphatic rings. The quantitative estimate of drug-likeness (QED) is 0.826. The maximum Gasteiger partial charge on any atom is 0.328 e. The number of hydrogen-bond acceptors (Lipinski definition) is 2. The Labute approximate surface area is 112 Å². The maximum absolute atomic E-state index is 12.2. The molecule has 1 N–H and O–H groups in total. The summed E-state index contributed by atoms with van der Waals surface area (Å²) in [6.45, 7) is 2.01. The van der Waals surface area contributed by atoms with Crippen LogP contribution < -0.4 is 4.90 Å². The van der Waals surface area contributed by atoms with Crippen LogP contribution in [0.4, 0.5) is 5.69 Å². The fourth-order valence-corrected chi connectivity index (χ4v) is 2.16. The van der Waals surface area contributed by atoms with Gasteiger partial charge in [0, 0.05) is 23.9 Å². The van der Waals surface area contributed by atoms with E-state index in [0.717, 1.165) is 30.7 Å². The summed E-state index contributed by atoms with van der Waals surface area (Å²) in [7, 11) is 0. The van der Waals surface area contributed by atoms with Crippen LogP contribution in [-0.2, 0) is 9.59 Å². The minimum Gasteiger partial charge on any atom is -0.478 e. The lowest BCUT2D eigenvalue weighted by Crippen LogP contribution is -2.39. The highest BCUT2D eigenvalue weighted by molar-refractivity contribution is 6.04. The van der Waals surface area contributed by atoms with Gasteiger partial charge in [-0.25, -0.2) is 4.79 Å². The molecule has 2 rings (SSSR count). The number of carboxylic acids is 1. The van der Waals surface area contributed by atoms with Gasteiger partial charge >= 0.3 is 5.97 Å². The van der Waals surface area contributed by atoms with Crippen molar-refractivity contribution in [2.24, 2.45) is 5.92 Å². The van der Waals surface area contributed by atoms with Gasteiger partial charge in [-0.2, -0.15) is 0 Å². The summed E-state index contributed by atoms with van der Waals surface area (Å²) in [4.78, 5) is 24.4. The Morgan fingerprint density at radius 1 is 1.26 bits per heavy atom. The highest BCUT2D eigenvalue weighted by Crippen LogP contribution is 2.37. The molecule has 0 radical (unpaired) electrons. The zero-order valence-corrected chi connectivity index (χ0v) is 10.8. The second-order valence-electron chi connectivity index (χ2n) is 4.79. The summed E-state index contributed by atoms with van der Waals surface area (Å²) in [5.41, 5.74) is 0.807. The molecule has 0 heterocycles. The van der Waals surface area contributed by atoms with E-state index in [4.69, 9.17) is 5.11 Å². The van der Waals surface area contributed by atoms with Crippen LogP contribution in [0.1, 0.15) is 19.8 Å². The molecule has 0 aromatic heterocycles. The lowest BCUT2D eigenvalue weighted by atomic mass is 10.1. The van der Waals surface area contributed by atoms with Gasteiger partial charge in [-0.05, 0) is 37.8 Å². The first-order valence-corrected chi connectivity index (χ1v) is 6.39. The van der Waals surface area contributed by atoms with Crippen molar-refractivity contribution in [1.82, 2.24) is 0 Å². The molecule has 100 valence electrons. The minimum atomic E-state index is -1.11. The standard InChI is InChI=1S/C15H17NO3/c1-11(12-7-8-12)16(13-5-3-2-4-6-13)14(17)9-10-15(18)19/h2-6,9-12H,7-8H2,1H3,(H,18,19)/b10-9+/t11-/m1/s1. The lowest BCUT2D eigenvalue weighted by Gasteiger charge is -2.28. The third-order valence-electron chi connectivity index (χ3n) is 3.35. The van der Waals surface area contributed by atoms with Crippen molar-refractivity contribution in [3.8, 4) is 0 Å². The highest BCUT2D eigenvalue weighted by Gasteiger charge is 2.34. The zero-order chi connectivity index (χ0) is 13.8. The molecule has 1 aromatic rings. The number of amides is 1. The van der Waals surface area contributed by atoms with Crippen molar-refractivity contribution in [2.75, 3.05) is 4.90 Å². The molecule has 4 heteroatoms. The van der Waals surface area contributed by atoms with E-state index in [2.05, 4.69) is 0 Å². The molecule has 0 bridgehead atoms. The Hall–Kier alpha value is -2.10. The number of aliphatic carboxylic acids is 1. The third kappa shape index (κ3) is 3.44. The van der Waals surface area contributed by atoms with Crippen molar-refractivity contribution >= 4 is 17.6 Å². The van der Waals surface area contributed by atoms with E-state index in [1.807, 2.05) is 37.3 Å². The normalized spacial score (nSPS) is 16.3. The molecule has 1 atom stereocenters. The molecule has 0 spiro atoms. The fraction of sp³-hybridized carbons (Fsp3) is 0.333. The Balaban J connectivity index is 2.23. The van der Waals surface area contributed by atoms with Gasteiger partial charge in [-0.3, -0.25) is 4.79 Å². The van der Waals surface area contributed by atoms with Crippen LogP contribution in [0.5, 0.6) is 0 Å². The van der Waals surface area contributed by atoms with Gasteiger partial charge in [0.2, 0.25) is 0 Å². The van der Waals surface area contributed by atoms with Gasteiger partial charge < -0.3 is 10.0 Å². The molecule has 1 amide bonds. The number of rotatable bonds is 5. The van der Waals surface area contributed by atoms with Gasteiger partial charge in [0.15, 0.2) is 0 Å². The van der Waals surface area contributed by atoms with Gasteiger partial charge in [0.25, 0.3) is 5.91 Å². The molecule has 1 aromatic carbocycles. The van der Waals surface area contributed by atoms with Crippen LogP contribution >= 0.6 is 0 Å². The predicted molar refractivity (Wildman–Crippen MR) is 72.9 cm³/mol. The highest BCUT2D eigenvalue weighted by atomic mass is 16.4. The van der Waals surface area contributed by atoms with E-state index < -0.39 is 5.97 Å². The van der Waals surface area contributed by atoms with Gasteiger partial charge in [-0.15, -0.1) is 0 Å². The Morgan fingerprint density at radius 2 is 1.89 bits per heavy atom. The summed E-state index contributed by atoms with van der Waals surface area (Å²) in [6, 6.07) is 9.46. The number of hydrogen-bond donors (Lipinski definition) is 1. The van der Waals surface area contributed by atoms with Gasteiger partial charge in [0.05, 0.1) is 0 Å². The summed E-state index contributed by atoms with van der Waals surface area (Å²) < 4.78 is 0. The van der Waals surface area contributed by atoms with E-state index in [-0.39, 0.29) is 11.9 Å². The summed E-state index contributed by atoms with van der Waals surface area (Å²) in [5.74, 6) is -0.879. The Morgan fingerprint density at radius 3 is 2.42 bits per heavy atom. The van der Waals surface area contributed by atoms with Crippen LogP contribution in [0.15, 0.2) is 42.5 Å². The van der Waals surface area contributed by atoms with E-state index in [9.17, 15) is 9.59 Å². The molecule has 0 unspecified atom stereocenters. The topological polar surface area (TPSA) is 57.6 Å². The second kappa shape index (κ2) is 5.69. The second-order valence-corrected chi connectivity index (χ2v) is 4.79. The van der Waals surface area contributed by atoms with Crippen LogP contribution in [-0.4, -0.2) is 23.0 Å². The van der Waals surface area contributed by atoms with Crippen LogP contribution in [0.3, 0.4) is 0 Å². The predicted octanol–water partition coefficient (Wildman–Crippen LogP) is 2.46. The average Bonchev–Trinajstić information content (AvgIpc) is 3.22.